The third-order valence-corrected chi connectivity index (χ3v) is 6.77. The first-order valence-electron chi connectivity index (χ1n) is 10.6. The van der Waals surface area contributed by atoms with E-state index in [9.17, 15) is 0 Å². The van der Waals surface area contributed by atoms with Crippen LogP contribution in [-0.4, -0.2) is 35.7 Å². The van der Waals surface area contributed by atoms with Crippen LogP contribution in [0.25, 0.3) is 0 Å². The Kier molecular flexibility index (Phi) is 4.80. The normalized spacial score (nSPS) is 25.6. The number of ether oxygens (including phenoxy) is 1. The fraction of sp³-hybridized carbons (Fsp3) is 0.545. The number of anilines is 2. The lowest BCUT2D eigenvalue weighted by molar-refractivity contribution is 0.314. The highest BCUT2D eigenvalue weighted by Gasteiger charge is 2.34. The molecule has 2 aliphatic heterocycles. The Hall–Kier alpha value is -2.38. The molecule has 0 amide bonds. The van der Waals surface area contributed by atoms with Crippen LogP contribution in [0.2, 0.25) is 0 Å². The topological polar surface area (TPSA) is 74.3 Å². The van der Waals surface area contributed by atoms with Gasteiger partial charge >= 0.3 is 0 Å². The Morgan fingerprint density at radius 1 is 1.14 bits per heavy atom. The van der Waals surface area contributed by atoms with Crippen LogP contribution in [0.4, 0.5) is 11.8 Å². The standard InChI is InChI=1S/C22H30N6O/c1-13-14(2)24-22(28-11-15-4-6-19(29-3)9-17(15)12-28)26-21(13)25-18-5-7-20-16(8-18)10-23-27-20/h4,6,9,16,18,20,23,27H,5,7-8,10-12H2,1-3H3,(H,24,25,26). The molecule has 1 aromatic carbocycles. The van der Waals surface area contributed by atoms with Crippen molar-refractivity contribution in [1.29, 1.82) is 0 Å². The molecule has 0 radical (unpaired) electrons. The summed E-state index contributed by atoms with van der Waals surface area (Å²) in [6.07, 6.45) is 3.55. The Morgan fingerprint density at radius 3 is 2.86 bits per heavy atom. The molecule has 2 aromatic rings. The molecule has 1 saturated heterocycles. The molecular weight excluding hydrogens is 364 g/mol. The summed E-state index contributed by atoms with van der Waals surface area (Å²) in [5, 5.41) is 3.75. The number of methoxy groups -OCH3 is 1. The molecule has 5 rings (SSSR count). The van der Waals surface area contributed by atoms with Crippen molar-refractivity contribution in [2.45, 2.75) is 58.3 Å². The summed E-state index contributed by atoms with van der Waals surface area (Å²) < 4.78 is 5.38. The Balaban J connectivity index is 1.35. The van der Waals surface area contributed by atoms with E-state index in [1.807, 2.05) is 6.07 Å². The van der Waals surface area contributed by atoms with E-state index < -0.39 is 0 Å². The maximum atomic E-state index is 5.38. The second-order valence-corrected chi connectivity index (χ2v) is 8.62. The smallest absolute Gasteiger partial charge is 0.228 e. The molecule has 0 spiro atoms. The number of nitrogens with one attached hydrogen (secondary N) is 3. The van der Waals surface area contributed by atoms with Crippen LogP contribution in [0.3, 0.4) is 0 Å². The summed E-state index contributed by atoms with van der Waals surface area (Å²) in [7, 11) is 1.71. The molecule has 3 atom stereocenters. The number of rotatable bonds is 4. The van der Waals surface area contributed by atoms with E-state index in [2.05, 4.69) is 47.0 Å². The summed E-state index contributed by atoms with van der Waals surface area (Å²) in [5.41, 5.74) is 11.5. The number of benzene rings is 1. The largest absolute Gasteiger partial charge is 0.497 e. The fourth-order valence-electron chi connectivity index (χ4n) is 4.86. The van der Waals surface area contributed by atoms with Gasteiger partial charge in [0.15, 0.2) is 0 Å². The van der Waals surface area contributed by atoms with Crippen molar-refractivity contribution >= 4 is 11.8 Å². The zero-order valence-corrected chi connectivity index (χ0v) is 17.5. The third kappa shape index (κ3) is 3.53. The van der Waals surface area contributed by atoms with Crippen molar-refractivity contribution in [1.82, 2.24) is 20.8 Å². The summed E-state index contributed by atoms with van der Waals surface area (Å²) in [4.78, 5) is 12.0. The molecule has 3 unspecified atom stereocenters. The average Bonchev–Trinajstić information content (AvgIpc) is 3.36. The van der Waals surface area contributed by atoms with Crippen LogP contribution < -0.4 is 25.8 Å². The minimum atomic E-state index is 0.471. The molecule has 1 aromatic heterocycles. The SMILES string of the molecule is COc1ccc2c(c1)CN(c1nc(C)c(C)c(NC3CCC4NNCC4C3)n1)C2. The second-order valence-electron chi connectivity index (χ2n) is 8.62. The van der Waals surface area contributed by atoms with Gasteiger partial charge in [0.1, 0.15) is 11.6 Å². The molecule has 1 aliphatic carbocycles. The lowest BCUT2D eigenvalue weighted by Gasteiger charge is -2.32. The first kappa shape index (κ1) is 18.6. The third-order valence-electron chi connectivity index (χ3n) is 6.77. The monoisotopic (exact) mass is 394 g/mol. The molecule has 3 heterocycles. The van der Waals surface area contributed by atoms with Gasteiger partial charge in [-0.15, -0.1) is 0 Å². The summed E-state index contributed by atoms with van der Waals surface area (Å²) in [5.74, 6) is 3.40. The van der Waals surface area contributed by atoms with E-state index in [0.717, 1.165) is 48.4 Å². The molecule has 2 fully saturated rings. The van der Waals surface area contributed by atoms with Crippen molar-refractivity contribution in [2.24, 2.45) is 5.92 Å². The molecule has 154 valence electrons. The van der Waals surface area contributed by atoms with E-state index in [4.69, 9.17) is 14.7 Å². The number of hydrogen-bond acceptors (Lipinski definition) is 7. The van der Waals surface area contributed by atoms with Gasteiger partial charge in [-0.25, -0.2) is 4.98 Å². The van der Waals surface area contributed by atoms with Gasteiger partial charge in [-0.05, 0) is 62.3 Å². The second kappa shape index (κ2) is 7.46. The lowest BCUT2D eigenvalue weighted by atomic mass is 9.83. The zero-order valence-electron chi connectivity index (χ0n) is 17.5. The van der Waals surface area contributed by atoms with Gasteiger partial charge in [0.2, 0.25) is 5.95 Å². The summed E-state index contributed by atoms with van der Waals surface area (Å²) in [6, 6.07) is 7.39. The van der Waals surface area contributed by atoms with Gasteiger partial charge in [-0.3, -0.25) is 10.9 Å². The van der Waals surface area contributed by atoms with Crippen LogP contribution in [0.5, 0.6) is 5.75 Å². The van der Waals surface area contributed by atoms with E-state index in [-0.39, 0.29) is 0 Å². The van der Waals surface area contributed by atoms with Gasteiger partial charge < -0.3 is 15.0 Å². The minimum absolute atomic E-state index is 0.471. The Labute approximate surface area is 172 Å². The molecular formula is C22H30N6O. The van der Waals surface area contributed by atoms with Crippen LogP contribution >= 0.6 is 0 Å². The molecule has 7 nitrogen and oxygen atoms in total. The highest BCUT2D eigenvalue weighted by atomic mass is 16.5. The minimum Gasteiger partial charge on any atom is -0.497 e. The molecule has 0 bridgehead atoms. The quantitative estimate of drug-likeness (QED) is 0.736. The number of hydrazine groups is 1. The van der Waals surface area contributed by atoms with Gasteiger partial charge in [0, 0.05) is 43.0 Å². The number of nitrogens with zero attached hydrogens (tertiary/aromatic N) is 3. The van der Waals surface area contributed by atoms with Gasteiger partial charge in [-0.2, -0.15) is 4.98 Å². The number of hydrogen-bond donors (Lipinski definition) is 3. The highest BCUT2D eigenvalue weighted by molar-refractivity contribution is 5.53. The Bertz CT molecular complexity index is 916. The fourth-order valence-corrected chi connectivity index (χ4v) is 4.86. The van der Waals surface area contributed by atoms with Gasteiger partial charge in [-0.1, -0.05) is 6.07 Å². The van der Waals surface area contributed by atoms with Crippen molar-refractivity contribution in [3.63, 3.8) is 0 Å². The lowest BCUT2D eigenvalue weighted by Crippen LogP contribution is -2.39. The van der Waals surface area contributed by atoms with Gasteiger partial charge in [0.05, 0.1) is 7.11 Å². The number of fused-ring (bicyclic) bond motifs is 2. The Morgan fingerprint density at radius 2 is 2.00 bits per heavy atom. The van der Waals surface area contributed by atoms with Crippen molar-refractivity contribution in [3.05, 3.63) is 40.6 Å². The molecule has 7 heteroatoms. The van der Waals surface area contributed by atoms with Crippen molar-refractivity contribution in [3.8, 4) is 5.75 Å². The first-order valence-corrected chi connectivity index (χ1v) is 10.6. The maximum Gasteiger partial charge on any atom is 0.228 e. The van der Waals surface area contributed by atoms with Gasteiger partial charge in [0.25, 0.3) is 0 Å². The highest BCUT2D eigenvalue weighted by Crippen LogP contribution is 2.32. The number of aryl methyl sites for hydroxylation is 1. The maximum absolute atomic E-state index is 5.38. The van der Waals surface area contributed by atoms with Crippen molar-refractivity contribution < 1.29 is 4.74 Å². The van der Waals surface area contributed by atoms with E-state index >= 15 is 0 Å². The summed E-state index contributed by atoms with van der Waals surface area (Å²) >= 11 is 0. The predicted octanol–water partition coefficient (Wildman–Crippen LogP) is 2.68. The van der Waals surface area contributed by atoms with Crippen LogP contribution in [-0.2, 0) is 13.1 Å². The van der Waals surface area contributed by atoms with E-state index in [1.54, 1.807) is 7.11 Å². The first-order chi connectivity index (χ1) is 14.1. The zero-order chi connectivity index (χ0) is 20.0. The van der Waals surface area contributed by atoms with Crippen molar-refractivity contribution in [2.75, 3.05) is 23.9 Å². The van der Waals surface area contributed by atoms with E-state index in [1.165, 1.54) is 30.4 Å². The average molecular weight is 395 g/mol. The molecule has 3 N–H and O–H groups in total. The van der Waals surface area contributed by atoms with Crippen LogP contribution in [0.1, 0.15) is 41.6 Å². The van der Waals surface area contributed by atoms with Crippen LogP contribution in [0.15, 0.2) is 18.2 Å². The number of aromatic nitrogens is 2. The molecule has 3 aliphatic rings. The molecule has 1 saturated carbocycles. The predicted molar refractivity (Wildman–Crippen MR) is 114 cm³/mol. The van der Waals surface area contributed by atoms with E-state index in [0.29, 0.717) is 18.0 Å². The van der Waals surface area contributed by atoms with Crippen LogP contribution in [0, 0.1) is 19.8 Å². The summed E-state index contributed by atoms with van der Waals surface area (Å²) in [6.45, 7) is 6.92. The molecule has 29 heavy (non-hydrogen) atoms.